The lowest BCUT2D eigenvalue weighted by molar-refractivity contribution is 0.630. The van der Waals surface area contributed by atoms with Crippen LogP contribution in [0.25, 0.3) is 0 Å². The molecule has 6 nitrogen and oxygen atoms in total. The molecule has 0 unspecified atom stereocenters. The summed E-state index contributed by atoms with van der Waals surface area (Å²) in [6, 6.07) is 4.92. The fourth-order valence-corrected chi connectivity index (χ4v) is 2.34. The van der Waals surface area contributed by atoms with Gasteiger partial charge in [-0.15, -0.1) is 0 Å². The van der Waals surface area contributed by atoms with Gasteiger partial charge in [-0.05, 0) is 37.5 Å². The van der Waals surface area contributed by atoms with Crippen molar-refractivity contribution in [3.05, 3.63) is 29.6 Å². The first-order valence-electron chi connectivity index (χ1n) is 6.91. The van der Waals surface area contributed by atoms with Crippen LogP contribution >= 0.6 is 0 Å². The van der Waals surface area contributed by atoms with Crippen LogP contribution in [0.1, 0.15) is 18.4 Å². The van der Waals surface area contributed by atoms with Crippen LogP contribution < -0.4 is 16.0 Å². The SMILES string of the molecule is Cc1ccc(Nc2nc(N)nc(N3CCCC3)n2)c(F)c1. The predicted octanol–water partition coefficient (Wildman–Crippen LogP) is 2.25. The molecule has 21 heavy (non-hydrogen) atoms. The number of aryl methyl sites for hydroxylation is 1. The number of anilines is 4. The van der Waals surface area contributed by atoms with Crippen LogP contribution in [-0.4, -0.2) is 28.0 Å². The number of halogens is 1. The first kappa shape index (κ1) is 13.5. The summed E-state index contributed by atoms with van der Waals surface area (Å²) in [4.78, 5) is 14.5. The largest absolute Gasteiger partial charge is 0.368 e. The van der Waals surface area contributed by atoms with E-state index in [0.717, 1.165) is 31.5 Å². The molecular weight excluding hydrogens is 271 g/mol. The highest BCUT2D eigenvalue weighted by atomic mass is 19.1. The zero-order valence-corrected chi connectivity index (χ0v) is 11.8. The van der Waals surface area contributed by atoms with Crippen molar-refractivity contribution < 1.29 is 4.39 Å². The van der Waals surface area contributed by atoms with E-state index in [1.165, 1.54) is 6.07 Å². The standard InChI is InChI=1S/C14H17FN6/c1-9-4-5-11(10(15)8-9)17-13-18-12(16)19-14(20-13)21-6-2-3-7-21/h4-5,8H,2-3,6-7H2,1H3,(H3,16,17,18,19,20). The van der Waals surface area contributed by atoms with E-state index in [9.17, 15) is 4.39 Å². The van der Waals surface area contributed by atoms with Crippen molar-refractivity contribution in [2.24, 2.45) is 0 Å². The van der Waals surface area contributed by atoms with Crippen molar-refractivity contribution >= 4 is 23.5 Å². The molecule has 0 radical (unpaired) electrons. The van der Waals surface area contributed by atoms with E-state index in [2.05, 4.69) is 25.2 Å². The Morgan fingerprint density at radius 2 is 1.95 bits per heavy atom. The summed E-state index contributed by atoms with van der Waals surface area (Å²) >= 11 is 0. The van der Waals surface area contributed by atoms with Crippen molar-refractivity contribution in [3.8, 4) is 0 Å². The van der Waals surface area contributed by atoms with Crippen molar-refractivity contribution in [1.29, 1.82) is 0 Å². The van der Waals surface area contributed by atoms with Gasteiger partial charge < -0.3 is 16.0 Å². The van der Waals surface area contributed by atoms with Crippen LogP contribution in [0.2, 0.25) is 0 Å². The van der Waals surface area contributed by atoms with Crippen molar-refractivity contribution in [1.82, 2.24) is 15.0 Å². The minimum Gasteiger partial charge on any atom is -0.368 e. The summed E-state index contributed by atoms with van der Waals surface area (Å²) in [7, 11) is 0. The molecule has 2 heterocycles. The Morgan fingerprint density at radius 1 is 1.19 bits per heavy atom. The Balaban J connectivity index is 1.87. The van der Waals surface area contributed by atoms with E-state index in [-0.39, 0.29) is 17.7 Å². The molecule has 0 bridgehead atoms. The summed E-state index contributed by atoms with van der Waals surface area (Å²) in [5.74, 6) is 0.570. The number of nitrogens with two attached hydrogens (primary N) is 1. The third kappa shape index (κ3) is 3.01. The molecule has 1 aromatic heterocycles. The van der Waals surface area contributed by atoms with Crippen LogP contribution in [0.5, 0.6) is 0 Å². The molecule has 1 fully saturated rings. The monoisotopic (exact) mass is 288 g/mol. The van der Waals surface area contributed by atoms with Gasteiger partial charge >= 0.3 is 0 Å². The van der Waals surface area contributed by atoms with Crippen LogP contribution in [0.4, 0.5) is 27.9 Å². The Bertz CT molecular complexity index is 654. The molecule has 0 amide bonds. The molecule has 1 saturated heterocycles. The summed E-state index contributed by atoms with van der Waals surface area (Å²) in [5.41, 5.74) is 6.89. The molecule has 0 atom stereocenters. The molecule has 110 valence electrons. The lowest BCUT2D eigenvalue weighted by Crippen LogP contribution is -2.22. The normalized spacial score (nSPS) is 14.5. The molecule has 0 aliphatic carbocycles. The van der Waals surface area contributed by atoms with Gasteiger partial charge in [-0.1, -0.05) is 6.07 Å². The second kappa shape index (κ2) is 5.51. The second-order valence-electron chi connectivity index (χ2n) is 5.12. The lowest BCUT2D eigenvalue weighted by Gasteiger charge is -2.16. The third-order valence-electron chi connectivity index (χ3n) is 3.40. The lowest BCUT2D eigenvalue weighted by atomic mass is 10.2. The smallest absolute Gasteiger partial charge is 0.233 e. The van der Waals surface area contributed by atoms with Gasteiger partial charge in [0.25, 0.3) is 0 Å². The van der Waals surface area contributed by atoms with Gasteiger partial charge in [-0.3, -0.25) is 0 Å². The zero-order valence-electron chi connectivity index (χ0n) is 11.8. The van der Waals surface area contributed by atoms with Gasteiger partial charge in [0.1, 0.15) is 5.82 Å². The number of aromatic nitrogens is 3. The van der Waals surface area contributed by atoms with E-state index >= 15 is 0 Å². The average molecular weight is 288 g/mol. The number of benzene rings is 1. The molecular formula is C14H17FN6. The summed E-state index contributed by atoms with van der Waals surface area (Å²) in [5, 5.41) is 2.86. The van der Waals surface area contributed by atoms with Gasteiger partial charge in [0.15, 0.2) is 0 Å². The molecule has 2 aromatic rings. The van der Waals surface area contributed by atoms with E-state index in [1.54, 1.807) is 6.07 Å². The highest BCUT2D eigenvalue weighted by Crippen LogP contribution is 2.22. The number of hydrogen-bond acceptors (Lipinski definition) is 6. The Labute approximate surface area is 122 Å². The van der Waals surface area contributed by atoms with Crippen LogP contribution in [0, 0.1) is 12.7 Å². The first-order valence-corrected chi connectivity index (χ1v) is 6.91. The first-order chi connectivity index (χ1) is 10.1. The minimum atomic E-state index is -0.350. The number of rotatable bonds is 3. The highest BCUT2D eigenvalue weighted by molar-refractivity contribution is 5.56. The molecule has 1 aromatic carbocycles. The van der Waals surface area contributed by atoms with Crippen LogP contribution in [0.15, 0.2) is 18.2 Å². The van der Waals surface area contributed by atoms with E-state index in [0.29, 0.717) is 11.6 Å². The van der Waals surface area contributed by atoms with E-state index in [1.807, 2.05) is 13.0 Å². The molecule has 7 heteroatoms. The Kier molecular flexibility index (Phi) is 3.55. The van der Waals surface area contributed by atoms with Gasteiger partial charge in [-0.2, -0.15) is 15.0 Å². The molecule has 3 rings (SSSR count). The minimum absolute atomic E-state index is 0.127. The fraction of sp³-hybridized carbons (Fsp3) is 0.357. The molecule has 0 saturated carbocycles. The molecule has 3 N–H and O–H groups in total. The third-order valence-corrected chi connectivity index (χ3v) is 3.40. The maximum Gasteiger partial charge on any atom is 0.233 e. The van der Waals surface area contributed by atoms with Crippen LogP contribution in [-0.2, 0) is 0 Å². The fourth-order valence-electron chi connectivity index (χ4n) is 2.34. The van der Waals surface area contributed by atoms with Gasteiger partial charge in [0, 0.05) is 13.1 Å². The Morgan fingerprint density at radius 3 is 2.67 bits per heavy atom. The van der Waals surface area contributed by atoms with Crippen LogP contribution in [0.3, 0.4) is 0 Å². The number of hydrogen-bond donors (Lipinski definition) is 2. The van der Waals surface area contributed by atoms with Gasteiger partial charge in [0.05, 0.1) is 5.69 Å². The van der Waals surface area contributed by atoms with Crippen molar-refractivity contribution in [3.63, 3.8) is 0 Å². The molecule has 0 spiro atoms. The number of nitrogens with one attached hydrogen (secondary N) is 1. The highest BCUT2D eigenvalue weighted by Gasteiger charge is 2.17. The number of nitrogen functional groups attached to an aromatic ring is 1. The zero-order chi connectivity index (χ0) is 14.8. The van der Waals surface area contributed by atoms with E-state index in [4.69, 9.17) is 5.73 Å². The summed E-state index contributed by atoms with van der Waals surface area (Å²) in [6.07, 6.45) is 2.22. The average Bonchev–Trinajstić information content (AvgIpc) is 2.95. The summed E-state index contributed by atoms with van der Waals surface area (Å²) < 4.78 is 13.9. The predicted molar refractivity (Wildman–Crippen MR) is 80.1 cm³/mol. The number of nitrogens with zero attached hydrogens (tertiary/aromatic N) is 4. The van der Waals surface area contributed by atoms with E-state index < -0.39 is 0 Å². The topological polar surface area (TPSA) is 80.0 Å². The molecule has 1 aliphatic rings. The molecule has 1 aliphatic heterocycles. The second-order valence-corrected chi connectivity index (χ2v) is 5.12. The van der Waals surface area contributed by atoms with Gasteiger partial charge in [-0.25, -0.2) is 4.39 Å². The van der Waals surface area contributed by atoms with Crippen molar-refractivity contribution in [2.75, 3.05) is 29.0 Å². The maximum absolute atomic E-state index is 13.9. The van der Waals surface area contributed by atoms with Crippen molar-refractivity contribution in [2.45, 2.75) is 19.8 Å². The quantitative estimate of drug-likeness (QED) is 0.901. The Hall–Kier alpha value is -2.44. The maximum atomic E-state index is 13.9. The summed E-state index contributed by atoms with van der Waals surface area (Å²) in [6.45, 7) is 3.64. The van der Waals surface area contributed by atoms with Gasteiger partial charge in [0.2, 0.25) is 17.8 Å².